The largest absolute Gasteiger partial charge is 0.381 e. The number of aliphatic hydroxyl groups is 1. The van der Waals surface area contributed by atoms with Crippen molar-refractivity contribution in [2.75, 3.05) is 30.4 Å². The average Bonchev–Trinajstić information content (AvgIpc) is 3.56. The molecule has 3 N–H and O–H groups in total. The van der Waals surface area contributed by atoms with Crippen molar-refractivity contribution in [2.45, 2.75) is 89.3 Å². The molecule has 2 atom stereocenters. The molecule has 2 amide bonds. The van der Waals surface area contributed by atoms with Crippen LogP contribution in [-0.4, -0.2) is 64.2 Å². The first-order valence-corrected chi connectivity index (χ1v) is 14.8. The molecule has 1 saturated heterocycles. The lowest BCUT2D eigenvalue weighted by Crippen LogP contribution is -2.49. The third-order valence-corrected chi connectivity index (χ3v) is 8.49. The number of amidine groups is 1. The predicted octanol–water partition coefficient (Wildman–Crippen LogP) is 4.20. The van der Waals surface area contributed by atoms with Gasteiger partial charge < -0.3 is 20.5 Å². The van der Waals surface area contributed by atoms with Gasteiger partial charge in [0.2, 0.25) is 5.91 Å². The summed E-state index contributed by atoms with van der Waals surface area (Å²) in [6.45, 7) is 7.34. The first-order valence-electron chi connectivity index (χ1n) is 14.8. The van der Waals surface area contributed by atoms with Crippen LogP contribution in [0.1, 0.15) is 76.0 Å². The summed E-state index contributed by atoms with van der Waals surface area (Å²) in [6, 6.07) is 9.82. The summed E-state index contributed by atoms with van der Waals surface area (Å²) in [5, 5.41) is 17.1. The van der Waals surface area contributed by atoms with E-state index in [0.29, 0.717) is 44.7 Å². The van der Waals surface area contributed by atoms with Gasteiger partial charge in [0.05, 0.1) is 12.0 Å². The topological polar surface area (TPSA) is 116 Å². The number of carbonyl (C=O) groups excluding carboxylic acids is 2. The Morgan fingerprint density at radius 2 is 1.90 bits per heavy atom. The third-order valence-electron chi connectivity index (χ3n) is 8.49. The number of β-amino-alcohol motifs (C(OH)–C–C–N with tert-alkyl or cyclic N) is 1. The summed E-state index contributed by atoms with van der Waals surface area (Å²) in [5.74, 6) is 1.39. The number of aliphatic hydroxyl groups excluding tert-OH is 1. The molecule has 6 rings (SSSR count). The fraction of sp³-hybridized carbons (Fsp3) is 0.548. The molecule has 1 unspecified atom stereocenters. The predicted molar refractivity (Wildman–Crippen MR) is 155 cm³/mol. The Kier molecular flexibility index (Phi) is 8.24. The van der Waals surface area contributed by atoms with Gasteiger partial charge in [0.25, 0.3) is 5.91 Å². The molecule has 3 aliphatic heterocycles. The summed E-state index contributed by atoms with van der Waals surface area (Å²) in [4.78, 5) is 37.5. The Morgan fingerprint density at radius 3 is 2.67 bits per heavy atom. The maximum absolute atomic E-state index is 13.5. The van der Waals surface area contributed by atoms with Crippen molar-refractivity contribution < 1.29 is 19.4 Å². The number of nitrogens with one attached hydrogen (secondary N) is 2. The van der Waals surface area contributed by atoms with E-state index in [1.165, 1.54) is 0 Å². The van der Waals surface area contributed by atoms with Crippen molar-refractivity contribution in [3.63, 3.8) is 0 Å². The number of carbonyl (C=O) groups is 2. The smallest absolute Gasteiger partial charge is 0.256 e. The normalized spacial score (nSPS) is 22.9. The molecule has 1 aromatic carbocycles. The zero-order chi connectivity index (χ0) is 28.3. The number of anilines is 2. The lowest BCUT2D eigenvalue weighted by Gasteiger charge is -2.30. The molecule has 0 saturated carbocycles. The molecule has 4 heterocycles. The van der Waals surface area contributed by atoms with Crippen molar-refractivity contribution in [1.82, 2.24) is 9.88 Å². The Morgan fingerprint density at radius 1 is 1.12 bits per heavy atom. The zero-order valence-electron chi connectivity index (χ0n) is 23.8. The van der Waals surface area contributed by atoms with Crippen molar-refractivity contribution in [2.24, 2.45) is 4.99 Å². The number of hydrogen-bond donors (Lipinski definition) is 3. The fourth-order valence-electron chi connectivity index (χ4n) is 6.44. The van der Waals surface area contributed by atoms with Crippen molar-refractivity contribution in [3.8, 4) is 0 Å². The van der Waals surface area contributed by atoms with Crippen molar-refractivity contribution in [1.29, 1.82) is 0 Å². The number of pyridine rings is 1. The van der Waals surface area contributed by atoms with Gasteiger partial charge in [-0.3, -0.25) is 19.5 Å². The minimum atomic E-state index is -0.960. The minimum Gasteiger partial charge on any atom is -0.381 e. The number of rotatable bonds is 8. The summed E-state index contributed by atoms with van der Waals surface area (Å²) in [7, 11) is 0. The number of ether oxygens (including phenoxy) is 1. The Balaban J connectivity index is 0.00000158. The number of amides is 2. The molecular formula is C31H41N5O4. The first-order chi connectivity index (χ1) is 19.4. The molecule has 9 nitrogen and oxygen atoms in total. The van der Waals surface area contributed by atoms with Gasteiger partial charge >= 0.3 is 0 Å². The number of fused-ring (bicyclic) bond motifs is 3. The van der Waals surface area contributed by atoms with Gasteiger partial charge in [-0.1, -0.05) is 45.7 Å². The maximum atomic E-state index is 13.5. The standard InChI is InChI=1S/C29H35N5O4.C2H6/c1-2-3-4-7-23-33-29(10-13-38-14-11-29)27(37)34(23)18-24(35)31-21-9-8-19-16-28(17-20(19)15-21)22-6-5-12-30-25(22)32-26(28)36;1-2/h5-6,8-9,12,15,24,31,35H,2-4,7,10-11,13-14,16-18H2,1H3,(H,30,32,36);1-2H3/t24?,28-;/m1./s1. The molecule has 2 spiro atoms. The lowest BCUT2D eigenvalue weighted by molar-refractivity contribution is -0.135. The van der Waals surface area contributed by atoms with E-state index in [2.05, 4.69) is 22.5 Å². The second-order valence-electron chi connectivity index (χ2n) is 11.0. The number of aromatic nitrogens is 1. The number of unbranched alkanes of at least 4 members (excludes halogenated alkanes) is 2. The van der Waals surface area contributed by atoms with Crippen LogP contribution < -0.4 is 10.6 Å². The average molecular weight is 548 g/mol. The summed E-state index contributed by atoms with van der Waals surface area (Å²) in [6.07, 6.45) is 6.98. The number of nitrogens with zero attached hydrogens (tertiary/aromatic N) is 3. The van der Waals surface area contributed by atoms with Gasteiger partial charge in [-0.15, -0.1) is 0 Å². The van der Waals surface area contributed by atoms with Crippen LogP contribution in [0.4, 0.5) is 11.5 Å². The van der Waals surface area contributed by atoms with E-state index in [-0.39, 0.29) is 18.4 Å². The van der Waals surface area contributed by atoms with Gasteiger partial charge in [-0.2, -0.15) is 0 Å². The Hall–Kier alpha value is -3.30. The molecule has 0 bridgehead atoms. The third kappa shape index (κ3) is 5.01. The van der Waals surface area contributed by atoms with Crippen LogP contribution in [0.25, 0.3) is 0 Å². The first kappa shape index (κ1) is 28.2. The van der Waals surface area contributed by atoms with Crippen LogP contribution >= 0.6 is 0 Å². The highest BCUT2D eigenvalue weighted by molar-refractivity contribution is 6.08. The van der Waals surface area contributed by atoms with Crippen LogP contribution in [0, 0.1) is 0 Å². The summed E-state index contributed by atoms with van der Waals surface area (Å²) < 4.78 is 5.50. The van der Waals surface area contributed by atoms with Crippen LogP contribution in [-0.2, 0) is 32.6 Å². The van der Waals surface area contributed by atoms with Crippen molar-refractivity contribution >= 4 is 29.2 Å². The monoisotopic (exact) mass is 547 g/mol. The van der Waals surface area contributed by atoms with Gasteiger partial charge in [0.1, 0.15) is 23.4 Å². The molecule has 214 valence electrons. The summed E-state index contributed by atoms with van der Waals surface area (Å²) >= 11 is 0. The van der Waals surface area contributed by atoms with E-state index in [0.717, 1.165) is 53.9 Å². The Bertz CT molecular complexity index is 1290. The number of hydrogen-bond acceptors (Lipinski definition) is 7. The van der Waals surface area contributed by atoms with Gasteiger partial charge in [-0.05, 0) is 48.6 Å². The second-order valence-corrected chi connectivity index (χ2v) is 11.0. The lowest BCUT2D eigenvalue weighted by atomic mass is 9.79. The number of benzene rings is 1. The molecule has 1 aliphatic carbocycles. The van der Waals surface area contributed by atoms with Gasteiger partial charge in [0.15, 0.2) is 0 Å². The molecule has 1 aromatic heterocycles. The van der Waals surface area contributed by atoms with Crippen LogP contribution in [0.2, 0.25) is 0 Å². The number of aliphatic imine (C=N–C) groups is 1. The van der Waals surface area contributed by atoms with Gasteiger partial charge in [0, 0.05) is 49.9 Å². The van der Waals surface area contributed by atoms with Crippen LogP contribution in [0.15, 0.2) is 41.5 Å². The highest BCUT2D eigenvalue weighted by Gasteiger charge is 2.51. The summed E-state index contributed by atoms with van der Waals surface area (Å²) in [5.41, 5.74) is 2.53. The molecule has 4 aliphatic rings. The minimum absolute atomic E-state index is 0.0126. The molecule has 2 aromatic rings. The Labute approximate surface area is 236 Å². The van der Waals surface area contributed by atoms with Crippen molar-refractivity contribution in [3.05, 3.63) is 53.2 Å². The molecule has 40 heavy (non-hydrogen) atoms. The maximum Gasteiger partial charge on any atom is 0.256 e. The molecule has 0 radical (unpaired) electrons. The van der Waals surface area contributed by atoms with Crippen LogP contribution in [0.3, 0.4) is 0 Å². The quantitative estimate of drug-likeness (QED) is 0.337. The molecular weight excluding hydrogens is 506 g/mol. The van der Waals surface area contributed by atoms with E-state index in [1.54, 1.807) is 11.1 Å². The highest BCUT2D eigenvalue weighted by atomic mass is 16.5. The van der Waals surface area contributed by atoms with E-state index in [4.69, 9.17) is 9.73 Å². The van der Waals surface area contributed by atoms with Gasteiger partial charge in [-0.25, -0.2) is 4.98 Å². The van der Waals surface area contributed by atoms with E-state index >= 15 is 0 Å². The van der Waals surface area contributed by atoms with E-state index < -0.39 is 17.2 Å². The SMILES string of the molecule is CC.CCCCCC1=NC2(CCOCC2)C(=O)N1CC(O)Nc1ccc2c(c1)C[C@@]1(C2)C(=O)Nc2ncccc21. The zero-order valence-corrected chi connectivity index (χ0v) is 23.8. The second kappa shape index (κ2) is 11.7. The van der Waals surface area contributed by atoms with E-state index in [9.17, 15) is 14.7 Å². The molecule has 9 heteroatoms. The van der Waals surface area contributed by atoms with E-state index in [1.807, 2.05) is 44.2 Å². The van der Waals surface area contributed by atoms with Crippen LogP contribution in [0.5, 0.6) is 0 Å². The molecule has 1 fully saturated rings. The fourth-order valence-corrected chi connectivity index (χ4v) is 6.44. The highest BCUT2D eigenvalue weighted by Crippen LogP contribution is 2.47.